The minimum Gasteiger partial charge on any atom is -0.481 e. The molecule has 1 aliphatic heterocycles. The number of guanidine groups is 1. The fourth-order valence-corrected chi connectivity index (χ4v) is 3.22. The number of methoxy groups -OCH3 is 1. The Bertz CT molecular complexity index is 783. The van der Waals surface area contributed by atoms with Crippen LogP contribution in [0.2, 0.25) is 0 Å². The first-order valence-corrected chi connectivity index (χ1v) is 9.68. The van der Waals surface area contributed by atoms with Gasteiger partial charge in [0.25, 0.3) is 0 Å². The third kappa shape index (κ3) is 5.82. The van der Waals surface area contributed by atoms with Crippen LogP contribution in [0.1, 0.15) is 11.3 Å². The van der Waals surface area contributed by atoms with E-state index in [-0.39, 0.29) is 0 Å². The van der Waals surface area contributed by atoms with Gasteiger partial charge < -0.3 is 15.0 Å². The van der Waals surface area contributed by atoms with E-state index in [2.05, 4.69) is 61.5 Å². The molecule has 1 aromatic heterocycles. The van der Waals surface area contributed by atoms with Gasteiger partial charge in [-0.1, -0.05) is 48.6 Å². The lowest BCUT2D eigenvalue weighted by Crippen LogP contribution is -2.52. The van der Waals surface area contributed by atoms with E-state index in [0.717, 1.165) is 44.4 Å². The first kappa shape index (κ1) is 19.9. The van der Waals surface area contributed by atoms with E-state index in [1.165, 1.54) is 5.56 Å². The Hall–Kier alpha value is -2.86. The first-order valence-electron chi connectivity index (χ1n) is 9.68. The monoisotopic (exact) mass is 379 g/mol. The number of aliphatic imine (C=N–C) groups is 1. The molecule has 0 aliphatic carbocycles. The quantitative estimate of drug-likeness (QED) is 0.617. The van der Waals surface area contributed by atoms with Crippen molar-refractivity contribution < 1.29 is 4.74 Å². The normalized spacial score (nSPS) is 15.8. The molecule has 0 spiro atoms. The van der Waals surface area contributed by atoms with Crippen molar-refractivity contribution in [3.63, 3.8) is 0 Å². The summed E-state index contributed by atoms with van der Waals surface area (Å²) in [5.41, 5.74) is 2.18. The van der Waals surface area contributed by atoms with Crippen molar-refractivity contribution in [1.82, 2.24) is 20.1 Å². The van der Waals surface area contributed by atoms with E-state index in [0.29, 0.717) is 12.4 Å². The van der Waals surface area contributed by atoms with Gasteiger partial charge in [-0.2, -0.15) is 0 Å². The van der Waals surface area contributed by atoms with Gasteiger partial charge in [-0.05, 0) is 11.6 Å². The number of hydrogen-bond acceptors (Lipinski definition) is 4. The molecule has 0 amide bonds. The predicted octanol–water partition coefficient (Wildman–Crippen LogP) is 2.50. The summed E-state index contributed by atoms with van der Waals surface area (Å²) in [5.74, 6) is 1.55. The second kappa shape index (κ2) is 10.5. The highest BCUT2D eigenvalue weighted by molar-refractivity contribution is 5.79. The highest BCUT2D eigenvalue weighted by Crippen LogP contribution is 2.08. The van der Waals surface area contributed by atoms with E-state index in [4.69, 9.17) is 4.74 Å². The van der Waals surface area contributed by atoms with Gasteiger partial charge >= 0.3 is 0 Å². The number of benzene rings is 1. The number of rotatable bonds is 6. The van der Waals surface area contributed by atoms with E-state index in [1.807, 2.05) is 31.3 Å². The highest BCUT2D eigenvalue weighted by Gasteiger charge is 2.18. The molecule has 28 heavy (non-hydrogen) atoms. The number of ether oxygens (including phenoxy) is 1. The van der Waals surface area contributed by atoms with Crippen LogP contribution in [0.25, 0.3) is 6.08 Å². The molecule has 148 valence electrons. The van der Waals surface area contributed by atoms with Gasteiger partial charge in [-0.25, -0.2) is 4.98 Å². The van der Waals surface area contributed by atoms with E-state index >= 15 is 0 Å². The average molecular weight is 380 g/mol. The number of pyridine rings is 1. The molecule has 0 radical (unpaired) electrons. The zero-order chi connectivity index (χ0) is 19.6. The molecule has 0 unspecified atom stereocenters. The molecule has 2 aromatic rings. The largest absolute Gasteiger partial charge is 0.481 e. The topological polar surface area (TPSA) is 53.0 Å². The Morgan fingerprint density at radius 2 is 1.89 bits per heavy atom. The maximum absolute atomic E-state index is 5.19. The summed E-state index contributed by atoms with van der Waals surface area (Å²) in [6, 6.07) is 16.2. The number of hydrogen-bond donors (Lipinski definition) is 1. The zero-order valence-electron chi connectivity index (χ0n) is 16.7. The van der Waals surface area contributed by atoms with Gasteiger partial charge in [0.1, 0.15) is 0 Å². The molecule has 6 nitrogen and oxygen atoms in total. The van der Waals surface area contributed by atoms with Crippen LogP contribution >= 0.6 is 0 Å². The highest BCUT2D eigenvalue weighted by atomic mass is 16.5. The Morgan fingerprint density at radius 1 is 1.11 bits per heavy atom. The summed E-state index contributed by atoms with van der Waals surface area (Å²) < 4.78 is 5.19. The first-order chi connectivity index (χ1) is 13.8. The Kier molecular flexibility index (Phi) is 7.44. The second-order valence-corrected chi connectivity index (χ2v) is 6.67. The van der Waals surface area contributed by atoms with Crippen LogP contribution in [-0.4, -0.2) is 67.6 Å². The van der Waals surface area contributed by atoms with Gasteiger partial charge in [-0.3, -0.25) is 9.89 Å². The van der Waals surface area contributed by atoms with Gasteiger partial charge in [-0.15, -0.1) is 0 Å². The summed E-state index contributed by atoms with van der Waals surface area (Å²) in [6.07, 6.45) is 4.43. The third-order valence-electron chi connectivity index (χ3n) is 4.78. The molecule has 1 N–H and O–H groups in total. The Labute approximate surface area is 167 Å². The van der Waals surface area contributed by atoms with Crippen molar-refractivity contribution in [3.8, 4) is 5.88 Å². The molecule has 0 saturated carbocycles. The Morgan fingerprint density at radius 3 is 2.61 bits per heavy atom. The summed E-state index contributed by atoms with van der Waals surface area (Å²) in [6.45, 7) is 5.58. The number of nitrogens with zero attached hydrogens (tertiary/aromatic N) is 4. The van der Waals surface area contributed by atoms with Crippen LogP contribution in [0.15, 0.2) is 59.6 Å². The predicted molar refractivity (Wildman–Crippen MR) is 114 cm³/mol. The van der Waals surface area contributed by atoms with E-state index in [1.54, 1.807) is 7.11 Å². The fraction of sp³-hybridized carbons (Fsp3) is 0.364. The van der Waals surface area contributed by atoms with Crippen molar-refractivity contribution in [2.24, 2.45) is 4.99 Å². The molecule has 0 bridgehead atoms. The lowest BCUT2D eigenvalue weighted by Gasteiger charge is -2.36. The SMILES string of the molecule is CN=C(NCc1cccc(OC)n1)N1CCN(C/C=C/c2ccccc2)CC1. The van der Waals surface area contributed by atoms with Crippen LogP contribution in [0.3, 0.4) is 0 Å². The minimum atomic E-state index is 0.629. The Balaban J connectivity index is 1.44. The minimum absolute atomic E-state index is 0.629. The van der Waals surface area contributed by atoms with Crippen LogP contribution in [0.5, 0.6) is 5.88 Å². The van der Waals surface area contributed by atoms with Gasteiger partial charge in [0, 0.05) is 45.8 Å². The van der Waals surface area contributed by atoms with Crippen molar-refractivity contribution in [2.75, 3.05) is 46.9 Å². The van der Waals surface area contributed by atoms with Crippen molar-refractivity contribution in [1.29, 1.82) is 0 Å². The summed E-state index contributed by atoms with van der Waals surface area (Å²) in [5, 5.41) is 3.41. The molecule has 3 rings (SSSR count). The number of piperazine rings is 1. The van der Waals surface area contributed by atoms with Crippen LogP contribution in [-0.2, 0) is 6.54 Å². The summed E-state index contributed by atoms with van der Waals surface area (Å²) in [7, 11) is 3.46. The van der Waals surface area contributed by atoms with Gasteiger partial charge in [0.15, 0.2) is 5.96 Å². The van der Waals surface area contributed by atoms with Crippen LogP contribution in [0.4, 0.5) is 0 Å². The van der Waals surface area contributed by atoms with Crippen molar-refractivity contribution in [2.45, 2.75) is 6.54 Å². The molecule has 2 heterocycles. The average Bonchev–Trinajstić information content (AvgIpc) is 2.76. The molecule has 0 atom stereocenters. The maximum atomic E-state index is 5.19. The molecular weight excluding hydrogens is 350 g/mol. The smallest absolute Gasteiger partial charge is 0.213 e. The van der Waals surface area contributed by atoms with Gasteiger partial charge in [0.05, 0.1) is 19.3 Å². The molecule has 1 saturated heterocycles. The summed E-state index contributed by atoms with van der Waals surface area (Å²) >= 11 is 0. The standard InChI is InChI=1S/C22H29N5O/c1-23-22(24-18-20-11-6-12-21(25-20)28-2)27-16-14-26(15-17-27)13-7-10-19-8-4-3-5-9-19/h3-12H,13-18H2,1-2H3,(H,23,24)/b10-7+. The summed E-state index contributed by atoms with van der Waals surface area (Å²) in [4.78, 5) is 13.6. The number of nitrogens with one attached hydrogen (secondary N) is 1. The third-order valence-corrected chi connectivity index (χ3v) is 4.78. The van der Waals surface area contributed by atoms with Crippen LogP contribution < -0.4 is 10.1 Å². The van der Waals surface area contributed by atoms with E-state index in [9.17, 15) is 0 Å². The van der Waals surface area contributed by atoms with Crippen molar-refractivity contribution in [3.05, 3.63) is 65.9 Å². The maximum Gasteiger partial charge on any atom is 0.213 e. The fourth-order valence-electron chi connectivity index (χ4n) is 3.22. The molecular formula is C22H29N5O. The molecule has 1 aliphatic rings. The van der Waals surface area contributed by atoms with Crippen LogP contribution in [0, 0.1) is 0 Å². The van der Waals surface area contributed by atoms with Crippen molar-refractivity contribution >= 4 is 12.0 Å². The lowest BCUT2D eigenvalue weighted by atomic mass is 10.2. The van der Waals surface area contributed by atoms with Gasteiger partial charge in [0.2, 0.25) is 5.88 Å². The van der Waals surface area contributed by atoms with E-state index < -0.39 is 0 Å². The second-order valence-electron chi connectivity index (χ2n) is 6.67. The molecule has 6 heteroatoms. The molecule has 1 aromatic carbocycles. The molecule has 1 fully saturated rings. The zero-order valence-corrected chi connectivity index (χ0v) is 16.7. The lowest BCUT2D eigenvalue weighted by molar-refractivity contribution is 0.194. The number of aromatic nitrogens is 1.